The summed E-state index contributed by atoms with van der Waals surface area (Å²) in [6, 6.07) is 10.3. The Morgan fingerprint density at radius 3 is 2.15 bits per heavy atom. The van der Waals surface area contributed by atoms with E-state index < -0.39 is 30.8 Å². The lowest BCUT2D eigenvalue weighted by Gasteiger charge is -2.27. The molecule has 142 valence electrons. The summed E-state index contributed by atoms with van der Waals surface area (Å²) in [4.78, 5) is 1.58. The van der Waals surface area contributed by atoms with Crippen LogP contribution < -0.4 is 14.4 Å². The van der Waals surface area contributed by atoms with Crippen LogP contribution in [-0.4, -0.2) is 31.0 Å². The lowest BCUT2D eigenvalue weighted by Crippen LogP contribution is -2.26. The molecule has 4 nitrogen and oxygen atoms in total. The molecule has 0 radical (unpaired) electrons. The van der Waals surface area contributed by atoms with Crippen molar-refractivity contribution in [1.82, 2.24) is 0 Å². The minimum Gasteiger partial charge on any atom is -0.431 e. The molecule has 1 unspecified atom stereocenters. The zero-order valence-electron chi connectivity index (χ0n) is 13.6. The number of nitrogens with zero attached hydrogens (tertiary/aromatic N) is 1. The molecule has 9 heteroatoms. The molecule has 26 heavy (non-hydrogen) atoms. The first-order valence-corrected chi connectivity index (χ1v) is 7.89. The van der Waals surface area contributed by atoms with Crippen molar-refractivity contribution in [2.45, 2.75) is 26.3 Å². The fraction of sp³-hybridized carbons (Fsp3) is 0.294. The Labute approximate surface area is 152 Å². The standard InChI is InChI=1S/C17H16ClF4NO3/c1-10(24)9-23(12-4-2-3-11(18)7-12)13-5-6-14(25-16(19)20)15(8-13)26-17(21)22/h2-8,10,16-17,24H,9H2,1H3. The highest BCUT2D eigenvalue weighted by Crippen LogP contribution is 2.37. The largest absolute Gasteiger partial charge is 0.431 e. The van der Waals surface area contributed by atoms with E-state index in [0.717, 1.165) is 12.1 Å². The van der Waals surface area contributed by atoms with Gasteiger partial charge in [0.05, 0.1) is 6.10 Å². The summed E-state index contributed by atoms with van der Waals surface area (Å²) in [5, 5.41) is 10.2. The van der Waals surface area contributed by atoms with Crippen LogP contribution in [0.5, 0.6) is 11.5 Å². The van der Waals surface area contributed by atoms with Crippen molar-refractivity contribution >= 4 is 23.0 Å². The first-order valence-electron chi connectivity index (χ1n) is 7.51. The molecule has 0 bridgehead atoms. The zero-order valence-corrected chi connectivity index (χ0v) is 14.3. The number of anilines is 2. The summed E-state index contributed by atoms with van der Waals surface area (Å²) in [5.41, 5.74) is 0.898. The summed E-state index contributed by atoms with van der Waals surface area (Å²) in [5.74, 6) is -1.07. The third-order valence-electron chi connectivity index (χ3n) is 3.24. The number of ether oxygens (including phenoxy) is 2. The predicted octanol–water partition coefficient (Wildman–Crippen LogP) is 5.06. The molecule has 1 N–H and O–H groups in total. The molecule has 2 aromatic carbocycles. The monoisotopic (exact) mass is 393 g/mol. The minimum absolute atomic E-state index is 0.101. The molecular formula is C17H16ClF4NO3. The molecule has 0 aliphatic heterocycles. The molecular weight excluding hydrogens is 378 g/mol. The maximum atomic E-state index is 12.6. The summed E-state index contributed by atoms with van der Waals surface area (Å²) < 4.78 is 58.7. The molecule has 0 fully saturated rings. The lowest BCUT2D eigenvalue weighted by atomic mass is 10.2. The van der Waals surface area contributed by atoms with Crippen molar-refractivity contribution in [2.24, 2.45) is 0 Å². The van der Waals surface area contributed by atoms with Gasteiger partial charge in [0.25, 0.3) is 0 Å². The Hall–Kier alpha value is -2.19. The van der Waals surface area contributed by atoms with Crippen molar-refractivity contribution < 1.29 is 32.1 Å². The number of hydrogen-bond donors (Lipinski definition) is 1. The van der Waals surface area contributed by atoms with E-state index >= 15 is 0 Å². The maximum Gasteiger partial charge on any atom is 0.387 e. The smallest absolute Gasteiger partial charge is 0.387 e. The van der Waals surface area contributed by atoms with Gasteiger partial charge >= 0.3 is 13.2 Å². The van der Waals surface area contributed by atoms with Crippen molar-refractivity contribution in [3.05, 3.63) is 47.5 Å². The molecule has 0 aromatic heterocycles. The Kier molecular flexibility index (Phi) is 6.93. The van der Waals surface area contributed by atoms with E-state index in [9.17, 15) is 22.7 Å². The Balaban J connectivity index is 2.46. The second-order valence-electron chi connectivity index (χ2n) is 5.33. The molecule has 0 aliphatic carbocycles. The molecule has 2 aromatic rings. The van der Waals surface area contributed by atoms with Gasteiger partial charge in [0, 0.05) is 29.0 Å². The van der Waals surface area contributed by atoms with Crippen molar-refractivity contribution in [3.63, 3.8) is 0 Å². The lowest BCUT2D eigenvalue weighted by molar-refractivity contribution is -0.0692. The van der Waals surface area contributed by atoms with E-state index in [4.69, 9.17) is 11.6 Å². The van der Waals surface area contributed by atoms with Gasteiger partial charge in [0.2, 0.25) is 0 Å². The van der Waals surface area contributed by atoms with Crippen LogP contribution in [0.3, 0.4) is 0 Å². The van der Waals surface area contributed by atoms with Crippen LogP contribution in [-0.2, 0) is 0 Å². The molecule has 0 heterocycles. The summed E-state index contributed by atoms with van der Waals surface area (Å²) >= 11 is 5.98. The van der Waals surface area contributed by atoms with Crippen LogP contribution in [0, 0.1) is 0 Å². The second kappa shape index (κ2) is 8.95. The number of rotatable bonds is 8. The van der Waals surface area contributed by atoms with Crippen LogP contribution in [0.15, 0.2) is 42.5 Å². The SMILES string of the molecule is CC(O)CN(c1cccc(Cl)c1)c1ccc(OC(F)F)c(OC(F)F)c1. The van der Waals surface area contributed by atoms with E-state index in [1.54, 1.807) is 36.1 Å². The molecule has 0 spiro atoms. The first kappa shape index (κ1) is 20.1. The number of aliphatic hydroxyl groups is 1. The third-order valence-corrected chi connectivity index (χ3v) is 3.47. The van der Waals surface area contributed by atoms with E-state index in [1.807, 2.05) is 0 Å². The van der Waals surface area contributed by atoms with E-state index in [1.165, 1.54) is 6.07 Å². The fourth-order valence-corrected chi connectivity index (χ4v) is 2.50. The van der Waals surface area contributed by atoms with Crippen LogP contribution in [0.1, 0.15) is 6.92 Å². The average Bonchev–Trinajstić information content (AvgIpc) is 2.53. The van der Waals surface area contributed by atoms with E-state index in [2.05, 4.69) is 9.47 Å². The highest BCUT2D eigenvalue weighted by Gasteiger charge is 2.19. The number of hydrogen-bond acceptors (Lipinski definition) is 4. The van der Waals surface area contributed by atoms with Gasteiger partial charge in [-0.25, -0.2) is 0 Å². The highest BCUT2D eigenvalue weighted by atomic mass is 35.5. The highest BCUT2D eigenvalue weighted by molar-refractivity contribution is 6.30. The normalized spacial score (nSPS) is 12.3. The maximum absolute atomic E-state index is 12.6. The van der Waals surface area contributed by atoms with Crippen molar-refractivity contribution in [1.29, 1.82) is 0 Å². The van der Waals surface area contributed by atoms with Gasteiger partial charge in [-0.1, -0.05) is 17.7 Å². The quantitative estimate of drug-likeness (QED) is 0.636. The predicted molar refractivity (Wildman–Crippen MR) is 89.8 cm³/mol. The molecule has 0 saturated heterocycles. The summed E-state index contributed by atoms with van der Waals surface area (Å²) in [7, 11) is 0. The zero-order chi connectivity index (χ0) is 19.3. The van der Waals surface area contributed by atoms with Crippen LogP contribution in [0.4, 0.5) is 28.9 Å². The number of alkyl halides is 4. The Morgan fingerprint density at radius 1 is 0.962 bits per heavy atom. The van der Waals surface area contributed by atoms with Crippen LogP contribution >= 0.6 is 11.6 Å². The van der Waals surface area contributed by atoms with Gasteiger partial charge in [-0.15, -0.1) is 0 Å². The van der Waals surface area contributed by atoms with E-state index in [-0.39, 0.29) is 6.54 Å². The van der Waals surface area contributed by atoms with Gasteiger partial charge in [-0.3, -0.25) is 0 Å². The molecule has 2 rings (SSSR count). The summed E-state index contributed by atoms with van der Waals surface area (Å²) in [6.45, 7) is -4.77. The molecule has 0 saturated carbocycles. The summed E-state index contributed by atoms with van der Waals surface area (Å²) in [6.07, 6.45) is -0.773. The van der Waals surface area contributed by atoms with E-state index in [0.29, 0.717) is 16.4 Å². The second-order valence-corrected chi connectivity index (χ2v) is 5.76. The average molecular weight is 394 g/mol. The van der Waals surface area contributed by atoms with Gasteiger partial charge in [-0.2, -0.15) is 17.6 Å². The van der Waals surface area contributed by atoms with Gasteiger partial charge in [0.1, 0.15) is 0 Å². The Bertz CT molecular complexity index is 731. The van der Waals surface area contributed by atoms with Crippen molar-refractivity contribution in [3.8, 4) is 11.5 Å². The molecule has 0 amide bonds. The molecule has 1 atom stereocenters. The van der Waals surface area contributed by atoms with Crippen LogP contribution in [0.2, 0.25) is 5.02 Å². The third kappa shape index (κ3) is 5.67. The Morgan fingerprint density at radius 2 is 1.58 bits per heavy atom. The first-order chi connectivity index (χ1) is 12.3. The van der Waals surface area contributed by atoms with Gasteiger partial charge in [-0.05, 0) is 37.3 Å². The van der Waals surface area contributed by atoms with Gasteiger partial charge < -0.3 is 19.5 Å². The number of benzene rings is 2. The fourth-order valence-electron chi connectivity index (χ4n) is 2.31. The number of halogens is 5. The van der Waals surface area contributed by atoms with Crippen molar-refractivity contribution in [2.75, 3.05) is 11.4 Å². The topological polar surface area (TPSA) is 41.9 Å². The molecule has 0 aliphatic rings. The van der Waals surface area contributed by atoms with Gasteiger partial charge in [0.15, 0.2) is 11.5 Å². The van der Waals surface area contributed by atoms with Crippen LogP contribution in [0.25, 0.3) is 0 Å². The minimum atomic E-state index is -3.22. The number of aliphatic hydroxyl groups excluding tert-OH is 1.